The second kappa shape index (κ2) is 11.0. The standard InChI is InChI=1S/C27H25IN2O3/c1-31-26-13-9-20(15-27(26)32-2)16-29-30-17-24-23-6-4-3-5-21(23)10-14-25(24)33-18-19-7-11-22(28)12-8-19/h3-15,17,29H,16,18H2,1-2H3/b30-17-. The maximum atomic E-state index is 6.19. The molecule has 4 aromatic carbocycles. The molecule has 4 aromatic rings. The van der Waals surface area contributed by atoms with E-state index in [4.69, 9.17) is 14.2 Å². The molecular formula is C27H25IN2O3. The minimum atomic E-state index is 0.495. The summed E-state index contributed by atoms with van der Waals surface area (Å²) in [6.07, 6.45) is 1.83. The minimum absolute atomic E-state index is 0.495. The van der Waals surface area contributed by atoms with Gasteiger partial charge in [0.2, 0.25) is 0 Å². The van der Waals surface area contributed by atoms with E-state index in [1.165, 1.54) is 3.57 Å². The average Bonchev–Trinajstić information content (AvgIpc) is 2.86. The first kappa shape index (κ1) is 22.9. The van der Waals surface area contributed by atoms with E-state index >= 15 is 0 Å². The first-order valence-electron chi connectivity index (χ1n) is 10.5. The van der Waals surface area contributed by atoms with Crippen LogP contribution in [0.4, 0.5) is 0 Å². The van der Waals surface area contributed by atoms with Gasteiger partial charge in [0.1, 0.15) is 12.4 Å². The van der Waals surface area contributed by atoms with Crippen LogP contribution < -0.4 is 19.6 Å². The van der Waals surface area contributed by atoms with Gasteiger partial charge in [-0.05, 0) is 74.8 Å². The lowest BCUT2D eigenvalue weighted by Crippen LogP contribution is -2.07. The second-order valence-corrected chi connectivity index (χ2v) is 8.64. The summed E-state index contributed by atoms with van der Waals surface area (Å²) in [7, 11) is 3.26. The van der Waals surface area contributed by atoms with E-state index in [1.807, 2.05) is 42.6 Å². The zero-order chi connectivity index (χ0) is 23.0. The first-order chi connectivity index (χ1) is 16.2. The Morgan fingerprint density at radius 1 is 0.818 bits per heavy atom. The molecular weight excluding hydrogens is 527 g/mol. The van der Waals surface area contributed by atoms with Gasteiger partial charge in [-0.15, -0.1) is 0 Å². The summed E-state index contributed by atoms with van der Waals surface area (Å²) in [4.78, 5) is 0. The van der Waals surface area contributed by atoms with E-state index in [1.54, 1.807) is 14.2 Å². The quantitative estimate of drug-likeness (QED) is 0.154. The summed E-state index contributed by atoms with van der Waals surface area (Å²) >= 11 is 2.30. The van der Waals surface area contributed by atoms with Crippen LogP contribution in [-0.2, 0) is 13.2 Å². The molecule has 0 spiro atoms. The van der Waals surface area contributed by atoms with Crippen molar-refractivity contribution >= 4 is 39.6 Å². The number of hydrogen-bond donors (Lipinski definition) is 1. The van der Waals surface area contributed by atoms with Gasteiger partial charge in [-0.1, -0.05) is 48.5 Å². The van der Waals surface area contributed by atoms with Crippen LogP contribution in [0.15, 0.2) is 84.0 Å². The van der Waals surface area contributed by atoms with Crippen molar-refractivity contribution in [2.24, 2.45) is 5.10 Å². The number of ether oxygens (including phenoxy) is 3. The number of halogens is 1. The maximum absolute atomic E-state index is 6.19. The van der Waals surface area contributed by atoms with E-state index in [9.17, 15) is 0 Å². The van der Waals surface area contributed by atoms with Crippen LogP contribution >= 0.6 is 22.6 Å². The van der Waals surface area contributed by atoms with E-state index in [0.717, 1.165) is 33.2 Å². The van der Waals surface area contributed by atoms with E-state index < -0.39 is 0 Å². The lowest BCUT2D eigenvalue weighted by molar-refractivity contribution is 0.306. The van der Waals surface area contributed by atoms with Crippen LogP contribution in [0.25, 0.3) is 10.8 Å². The molecule has 0 fully saturated rings. The molecule has 0 aliphatic rings. The van der Waals surface area contributed by atoms with Gasteiger partial charge in [0.15, 0.2) is 11.5 Å². The fourth-order valence-corrected chi connectivity index (χ4v) is 3.87. The van der Waals surface area contributed by atoms with Crippen molar-refractivity contribution in [1.29, 1.82) is 0 Å². The van der Waals surface area contributed by atoms with Gasteiger partial charge in [0.25, 0.3) is 0 Å². The Balaban J connectivity index is 1.52. The second-order valence-electron chi connectivity index (χ2n) is 7.40. The molecule has 0 radical (unpaired) electrons. The summed E-state index contributed by atoms with van der Waals surface area (Å²) in [6.45, 7) is 1.05. The summed E-state index contributed by atoms with van der Waals surface area (Å²) in [5.74, 6) is 2.19. The van der Waals surface area contributed by atoms with Crippen LogP contribution in [0.1, 0.15) is 16.7 Å². The molecule has 0 aliphatic carbocycles. The molecule has 0 bridgehead atoms. The number of fused-ring (bicyclic) bond motifs is 1. The number of methoxy groups -OCH3 is 2. The number of hydrogen-bond acceptors (Lipinski definition) is 5. The highest BCUT2D eigenvalue weighted by Gasteiger charge is 2.08. The Labute approximate surface area is 207 Å². The smallest absolute Gasteiger partial charge is 0.161 e. The Hall–Kier alpha value is -3.26. The van der Waals surface area contributed by atoms with Crippen LogP contribution in [0.5, 0.6) is 17.2 Å². The fraction of sp³-hybridized carbons (Fsp3) is 0.148. The minimum Gasteiger partial charge on any atom is -0.493 e. The highest BCUT2D eigenvalue weighted by atomic mass is 127. The highest BCUT2D eigenvalue weighted by Crippen LogP contribution is 2.28. The predicted octanol–water partition coefficient (Wildman–Crippen LogP) is 6.16. The Morgan fingerprint density at radius 2 is 1.55 bits per heavy atom. The zero-order valence-electron chi connectivity index (χ0n) is 18.5. The van der Waals surface area contributed by atoms with Crippen molar-refractivity contribution in [3.05, 3.63) is 99.1 Å². The topological polar surface area (TPSA) is 52.1 Å². The SMILES string of the molecule is COc1ccc(CN/N=C\c2c(OCc3ccc(I)cc3)ccc3ccccc23)cc1OC. The fourth-order valence-electron chi connectivity index (χ4n) is 3.51. The number of rotatable bonds is 9. The predicted molar refractivity (Wildman–Crippen MR) is 141 cm³/mol. The van der Waals surface area contributed by atoms with E-state index in [0.29, 0.717) is 24.7 Å². The van der Waals surface area contributed by atoms with Gasteiger partial charge in [0.05, 0.1) is 27.0 Å². The number of hydrazone groups is 1. The maximum Gasteiger partial charge on any atom is 0.161 e. The van der Waals surface area contributed by atoms with Gasteiger partial charge < -0.3 is 19.6 Å². The molecule has 0 heterocycles. The molecule has 0 aromatic heterocycles. The van der Waals surface area contributed by atoms with Crippen molar-refractivity contribution in [3.8, 4) is 17.2 Å². The molecule has 6 heteroatoms. The van der Waals surface area contributed by atoms with Gasteiger partial charge in [0, 0.05) is 9.13 Å². The molecule has 0 atom stereocenters. The van der Waals surface area contributed by atoms with Gasteiger partial charge in [-0.3, -0.25) is 0 Å². The normalized spacial score (nSPS) is 11.0. The van der Waals surface area contributed by atoms with E-state index in [-0.39, 0.29) is 0 Å². The van der Waals surface area contributed by atoms with Crippen molar-refractivity contribution in [2.45, 2.75) is 13.2 Å². The van der Waals surface area contributed by atoms with Crippen molar-refractivity contribution in [3.63, 3.8) is 0 Å². The molecule has 5 nitrogen and oxygen atoms in total. The molecule has 168 valence electrons. The molecule has 0 unspecified atom stereocenters. The van der Waals surface area contributed by atoms with Crippen molar-refractivity contribution < 1.29 is 14.2 Å². The van der Waals surface area contributed by atoms with Crippen LogP contribution in [0.2, 0.25) is 0 Å². The molecule has 33 heavy (non-hydrogen) atoms. The average molecular weight is 552 g/mol. The third-order valence-electron chi connectivity index (χ3n) is 5.25. The van der Waals surface area contributed by atoms with Gasteiger partial charge in [-0.25, -0.2) is 0 Å². The number of nitrogens with zero attached hydrogens (tertiary/aromatic N) is 1. The van der Waals surface area contributed by atoms with Gasteiger partial charge in [-0.2, -0.15) is 5.10 Å². The summed E-state index contributed by atoms with van der Waals surface area (Å²) in [5.41, 5.74) is 6.23. The molecule has 0 aliphatic heterocycles. The Bertz CT molecular complexity index is 1260. The molecule has 1 N–H and O–H groups in total. The van der Waals surface area contributed by atoms with Crippen LogP contribution in [0, 0.1) is 3.57 Å². The van der Waals surface area contributed by atoms with E-state index in [2.05, 4.69) is 75.6 Å². The third-order valence-corrected chi connectivity index (χ3v) is 5.97. The Kier molecular flexibility index (Phi) is 7.67. The van der Waals surface area contributed by atoms with Gasteiger partial charge >= 0.3 is 0 Å². The number of benzene rings is 4. The lowest BCUT2D eigenvalue weighted by atomic mass is 10.0. The zero-order valence-corrected chi connectivity index (χ0v) is 20.7. The molecule has 0 amide bonds. The summed E-state index contributed by atoms with van der Waals surface area (Å²) in [6, 6.07) is 26.5. The van der Waals surface area contributed by atoms with Crippen LogP contribution in [0.3, 0.4) is 0 Å². The monoisotopic (exact) mass is 552 g/mol. The molecule has 4 rings (SSSR count). The van der Waals surface area contributed by atoms with Crippen molar-refractivity contribution in [2.75, 3.05) is 14.2 Å². The highest BCUT2D eigenvalue weighted by molar-refractivity contribution is 14.1. The number of nitrogens with one attached hydrogen (secondary N) is 1. The Morgan fingerprint density at radius 3 is 2.33 bits per heavy atom. The summed E-state index contributed by atoms with van der Waals surface area (Å²) in [5, 5.41) is 6.72. The van der Waals surface area contributed by atoms with Crippen molar-refractivity contribution in [1.82, 2.24) is 5.43 Å². The third kappa shape index (κ3) is 5.76. The lowest BCUT2D eigenvalue weighted by Gasteiger charge is -2.12. The molecule has 0 saturated heterocycles. The first-order valence-corrected chi connectivity index (χ1v) is 11.6. The largest absolute Gasteiger partial charge is 0.493 e. The molecule has 0 saturated carbocycles. The summed E-state index contributed by atoms with van der Waals surface area (Å²) < 4.78 is 18.1. The van der Waals surface area contributed by atoms with Crippen LogP contribution in [-0.4, -0.2) is 20.4 Å².